The summed E-state index contributed by atoms with van der Waals surface area (Å²) in [7, 11) is 0. The van der Waals surface area contributed by atoms with Gasteiger partial charge >= 0.3 is 0 Å². The van der Waals surface area contributed by atoms with Crippen LogP contribution in [0, 0.1) is 0 Å². The largest absolute Gasteiger partial charge is 0.467 e. The van der Waals surface area contributed by atoms with Crippen molar-refractivity contribution in [2.75, 3.05) is 11.1 Å². The van der Waals surface area contributed by atoms with E-state index in [0.29, 0.717) is 29.4 Å². The van der Waals surface area contributed by atoms with Gasteiger partial charge in [0.2, 0.25) is 0 Å². The Labute approximate surface area is 173 Å². The van der Waals surface area contributed by atoms with Gasteiger partial charge in [0.1, 0.15) is 22.8 Å². The van der Waals surface area contributed by atoms with Crippen LogP contribution in [0.15, 0.2) is 70.1 Å². The van der Waals surface area contributed by atoms with Gasteiger partial charge in [-0.2, -0.15) is 5.10 Å². The molecule has 4 rings (SSSR count). The van der Waals surface area contributed by atoms with Crippen LogP contribution in [0.2, 0.25) is 0 Å². The fourth-order valence-corrected chi connectivity index (χ4v) is 3.06. The highest BCUT2D eigenvalue weighted by atomic mass is 16.3. The zero-order valence-corrected chi connectivity index (χ0v) is 16.7. The minimum atomic E-state index is -0.172. The molecule has 0 aliphatic heterocycles. The Morgan fingerprint density at radius 3 is 2.53 bits per heavy atom. The van der Waals surface area contributed by atoms with Gasteiger partial charge in [0.25, 0.3) is 5.56 Å². The third kappa shape index (κ3) is 3.93. The molecule has 8 heteroatoms. The fourth-order valence-electron chi connectivity index (χ4n) is 3.06. The highest BCUT2D eigenvalue weighted by Gasteiger charge is 2.18. The molecule has 0 bridgehead atoms. The van der Waals surface area contributed by atoms with Gasteiger partial charge in [-0.25, -0.2) is 14.6 Å². The van der Waals surface area contributed by atoms with Gasteiger partial charge in [0.15, 0.2) is 11.6 Å². The second-order valence-corrected chi connectivity index (χ2v) is 7.05. The molecule has 0 spiro atoms. The minimum Gasteiger partial charge on any atom is -0.467 e. The van der Waals surface area contributed by atoms with Crippen LogP contribution in [0.4, 0.5) is 11.6 Å². The molecule has 3 aromatic heterocycles. The number of nitrogens with one attached hydrogen (secondary N) is 1. The first kappa shape index (κ1) is 19.4. The molecule has 0 unspecified atom stereocenters. The van der Waals surface area contributed by atoms with E-state index in [1.807, 2.05) is 56.3 Å². The molecular weight excluding hydrogens is 380 g/mol. The van der Waals surface area contributed by atoms with Gasteiger partial charge in [0.05, 0.1) is 18.8 Å². The molecule has 8 nitrogen and oxygen atoms in total. The minimum absolute atomic E-state index is 0.0871. The molecule has 0 radical (unpaired) electrons. The molecule has 0 amide bonds. The molecule has 4 aromatic rings. The summed E-state index contributed by atoms with van der Waals surface area (Å²) >= 11 is 0. The number of rotatable bonds is 6. The Hall–Kier alpha value is -3.94. The molecule has 0 aliphatic carbocycles. The lowest BCUT2D eigenvalue weighted by Crippen LogP contribution is -2.24. The van der Waals surface area contributed by atoms with Crippen LogP contribution < -0.4 is 16.6 Å². The Morgan fingerprint density at radius 1 is 1.03 bits per heavy atom. The van der Waals surface area contributed by atoms with E-state index in [0.717, 1.165) is 11.3 Å². The number of hydrogen-bond acceptors (Lipinski definition) is 7. The van der Waals surface area contributed by atoms with E-state index in [4.69, 9.17) is 15.1 Å². The highest BCUT2D eigenvalue weighted by Crippen LogP contribution is 2.31. The average molecular weight is 402 g/mol. The van der Waals surface area contributed by atoms with Crippen molar-refractivity contribution in [3.8, 4) is 22.6 Å². The van der Waals surface area contributed by atoms with Gasteiger partial charge in [0, 0.05) is 11.6 Å². The number of furan rings is 1. The molecule has 0 saturated carbocycles. The molecule has 152 valence electrons. The summed E-state index contributed by atoms with van der Waals surface area (Å²) in [6.45, 7) is 4.22. The molecule has 30 heavy (non-hydrogen) atoms. The number of benzene rings is 1. The highest BCUT2D eigenvalue weighted by molar-refractivity contribution is 5.79. The van der Waals surface area contributed by atoms with Crippen molar-refractivity contribution in [2.45, 2.75) is 26.4 Å². The van der Waals surface area contributed by atoms with Crippen LogP contribution in [0.25, 0.3) is 22.6 Å². The molecule has 3 N–H and O–H groups in total. The van der Waals surface area contributed by atoms with E-state index in [1.165, 1.54) is 10.7 Å². The first-order chi connectivity index (χ1) is 14.5. The van der Waals surface area contributed by atoms with E-state index in [-0.39, 0.29) is 17.4 Å². The number of nitrogens with zero attached hydrogens (tertiary/aromatic N) is 4. The van der Waals surface area contributed by atoms with Crippen molar-refractivity contribution < 1.29 is 4.42 Å². The lowest BCUT2D eigenvalue weighted by Gasteiger charge is -2.15. The fraction of sp³-hybridized carbons (Fsp3) is 0.182. The molecule has 0 aliphatic rings. The normalized spacial score (nSPS) is 11.0. The van der Waals surface area contributed by atoms with Gasteiger partial charge in [-0.1, -0.05) is 30.3 Å². The standard InChI is InChI=1S/C22H22N6O2/c1-14(2)28-18(29)11-10-17(27-28)20-19(15-7-4-3-5-8-15)25-21(23)22(26-20)24-13-16-9-6-12-30-16/h3-12,14H,13H2,1-2H3,(H2,23,25)(H,24,26). The lowest BCUT2D eigenvalue weighted by atomic mass is 10.1. The summed E-state index contributed by atoms with van der Waals surface area (Å²) in [6.07, 6.45) is 1.61. The number of nitrogens with two attached hydrogens (primary N) is 1. The predicted molar refractivity (Wildman–Crippen MR) is 116 cm³/mol. The summed E-state index contributed by atoms with van der Waals surface area (Å²) in [5.74, 6) is 1.43. The van der Waals surface area contributed by atoms with Gasteiger partial charge in [-0.05, 0) is 32.0 Å². The smallest absolute Gasteiger partial charge is 0.267 e. The second-order valence-electron chi connectivity index (χ2n) is 7.05. The maximum absolute atomic E-state index is 12.2. The SMILES string of the molecule is CC(C)n1nc(-c2nc(NCc3ccco3)c(N)nc2-c2ccccc2)ccc1=O. The molecule has 0 atom stereocenters. The van der Waals surface area contributed by atoms with Gasteiger partial charge in [-0.15, -0.1) is 0 Å². The second kappa shape index (κ2) is 8.20. The molecule has 3 heterocycles. The van der Waals surface area contributed by atoms with Crippen LogP contribution >= 0.6 is 0 Å². The third-order valence-electron chi connectivity index (χ3n) is 4.54. The number of hydrogen-bond donors (Lipinski definition) is 2. The van der Waals surface area contributed by atoms with E-state index in [9.17, 15) is 4.79 Å². The van der Waals surface area contributed by atoms with E-state index in [2.05, 4.69) is 15.4 Å². The van der Waals surface area contributed by atoms with Crippen LogP contribution in [-0.4, -0.2) is 19.7 Å². The maximum atomic E-state index is 12.2. The zero-order valence-electron chi connectivity index (χ0n) is 16.7. The van der Waals surface area contributed by atoms with Crippen LogP contribution in [-0.2, 0) is 6.54 Å². The van der Waals surface area contributed by atoms with E-state index in [1.54, 1.807) is 12.3 Å². The number of anilines is 2. The maximum Gasteiger partial charge on any atom is 0.267 e. The Balaban J connectivity index is 1.84. The quantitative estimate of drug-likeness (QED) is 0.505. The van der Waals surface area contributed by atoms with Gasteiger partial charge in [-0.3, -0.25) is 4.79 Å². The lowest BCUT2D eigenvalue weighted by molar-refractivity contribution is 0.504. The van der Waals surface area contributed by atoms with Crippen molar-refractivity contribution in [3.63, 3.8) is 0 Å². The summed E-state index contributed by atoms with van der Waals surface area (Å²) in [4.78, 5) is 21.5. The Kier molecular flexibility index (Phi) is 5.30. The Morgan fingerprint density at radius 2 is 1.83 bits per heavy atom. The molecular formula is C22H22N6O2. The number of nitrogen functional groups attached to an aromatic ring is 1. The first-order valence-electron chi connectivity index (χ1n) is 9.62. The predicted octanol–water partition coefficient (Wildman–Crippen LogP) is 3.74. The molecule has 0 fully saturated rings. The van der Waals surface area contributed by atoms with E-state index < -0.39 is 0 Å². The summed E-state index contributed by atoms with van der Waals surface area (Å²) in [5.41, 5.74) is 8.56. The van der Waals surface area contributed by atoms with Crippen molar-refractivity contribution in [1.29, 1.82) is 0 Å². The van der Waals surface area contributed by atoms with Crippen LogP contribution in [0.1, 0.15) is 25.6 Å². The summed E-state index contributed by atoms with van der Waals surface area (Å²) < 4.78 is 6.79. The van der Waals surface area contributed by atoms with Crippen LogP contribution in [0.3, 0.4) is 0 Å². The first-order valence-corrected chi connectivity index (χ1v) is 9.62. The van der Waals surface area contributed by atoms with Gasteiger partial charge < -0.3 is 15.5 Å². The van der Waals surface area contributed by atoms with Crippen molar-refractivity contribution in [1.82, 2.24) is 19.7 Å². The topological polar surface area (TPSA) is 112 Å². The van der Waals surface area contributed by atoms with Crippen molar-refractivity contribution in [2.24, 2.45) is 0 Å². The zero-order chi connectivity index (χ0) is 21.1. The third-order valence-corrected chi connectivity index (χ3v) is 4.54. The number of aromatic nitrogens is 4. The van der Waals surface area contributed by atoms with Crippen molar-refractivity contribution >= 4 is 11.6 Å². The van der Waals surface area contributed by atoms with E-state index >= 15 is 0 Å². The van der Waals surface area contributed by atoms with Crippen LogP contribution in [0.5, 0.6) is 0 Å². The summed E-state index contributed by atoms with van der Waals surface area (Å²) in [6, 6.07) is 16.4. The van der Waals surface area contributed by atoms with Crippen molar-refractivity contribution in [3.05, 3.63) is 77.0 Å². The average Bonchev–Trinajstić information content (AvgIpc) is 3.27. The molecule has 1 aromatic carbocycles. The monoisotopic (exact) mass is 402 g/mol. The summed E-state index contributed by atoms with van der Waals surface area (Å²) in [5, 5.41) is 7.69. The molecule has 0 saturated heterocycles. The Bertz CT molecular complexity index is 1200.